The van der Waals surface area contributed by atoms with Gasteiger partial charge < -0.3 is 0 Å². The molecule has 54 valence electrons. The first-order chi connectivity index (χ1) is 4.63. The zero-order valence-corrected chi connectivity index (χ0v) is 6.25. The molecule has 0 spiro atoms. The number of benzene rings is 1. The van der Waals surface area contributed by atoms with E-state index < -0.39 is 11.6 Å². The molecule has 0 atom stereocenters. The molecular weight excluding hydrogens is 154 g/mol. The van der Waals surface area contributed by atoms with Crippen LogP contribution in [0.2, 0.25) is 0 Å². The predicted octanol–water partition coefficient (Wildman–Crippen LogP) is 2.56. The Morgan fingerprint density at radius 2 is 1.90 bits per heavy atom. The Morgan fingerprint density at radius 1 is 1.30 bits per heavy atom. The fourth-order valence-corrected chi connectivity index (χ4v) is 0.818. The summed E-state index contributed by atoms with van der Waals surface area (Å²) in [6, 6.07) is 2.57. The van der Waals surface area contributed by atoms with E-state index in [0.29, 0.717) is 5.56 Å². The average Bonchev–Trinajstić information content (AvgIpc) is 1.93. The molecule has 0 radical (unpaired) electrons. The summed E-state index contributed by atoms with van der Waals surface area (Å²) in [5.74, 6) is -1.72. The highest BCUT2D eigenvalue weighted by molar-refractivity contribution is 7.80. The van der Waals surface area contributed by atoms with Crippen molar-refractivity contribution >= 4 is 12.6 Å². The molecule has 0 aliphatic heterocycles. The van der Waals surface area contributed by atoms with Gasteiger partial charge in [0.1, 0.15) is 0 Å². The fraction of sp³-hybridized carbons (Fsp3) is 0.143. The lowest BCUT2D eigenvalue weighted by atomic mass is 10.2. The van der Waals surface area contributed by atoms with E-state index in [4.69, 9.17) is 0 Å². The first kappa shape index (κ1) is 7.54. The number of hydrogen-bond acceptors (Lipinski definition) is 1. The van der Waals surface area contributed by atoms with Gasteiger partial charge in [0, 0.05) is 4.90 Å². The van der Waals surface area contributed by atoms with E-state index in [2.05, 4.69) is 12.6 Å². The van der Waals surface area contributed by atoms with Crippen molar-refractivity contribution in [3.63, 3.8) is 0 Å². The molecule has 3 heteroatoms. The summed E-state index contributed by atoms with van der Waals surface area (Å²) in [4.78, 5) is 0.0833. The van der Waals surface area contributed by atoms with E-state index in [-0.39, 0.29) is 4.90 Å². The Kier molecular flexibility index (Phi) is 1.94. The second-order valence-corrected chi connectivity index (χ2v) is 2.47. The number of rotatable bonds is 0. The molecule has 0 nitrogen and oxygen atoms in total. The number of aryl methyl sites for hydroxylation is 1. The van der Waals surface area contributed by atoms with Gasteiger partial charge in [-0.2, -0.15) is 0 Å². The standard InChI is InChI=1S/C7H6F2S/c1-4-2-3-5(8)6(9)7(4)10/h2-3,10H,1H3. The highest BCUT2D eigenvalue weighted by Crippen LogP contribution is 2.18. The van der Waals surface area contributed by atoms with Gasteiger partial charge in [0.2, 0.25) is 0 Å². The van der Waals surface area contributed by atoms with Crippen molar-refractivity contribution in [1.29, 1.82) is 0 Å². The van der Waals surface area contributed by atoms with Gasteiger partial charge in [-0.3, -0.25) is 0 Å². The Morgan fingerprint density at radius 3 is 2.40 bits per heavy atom. The van der Waals surface area contributed by atoms with Crippen LogP contribution in [0, 0.1) is 18.6 Å². The molecule has 0 heterocycles. The lowest BCUT2D eigenvalue weighted by Crippen LogP contribution is -1.87. The van der Waals surface area contributed by atoms with Gasteiger partial charge in [0.15, 0.2) is 11.6 Å². The summed E-state index contributed by atoms with van der Waals surface area (Å²) in [6.07, 6.45) is 0. The normalized spacial score (nSPS) is 10.0. The molecule has 0 aromatic heterocycles. The van der Waals surface area contributed by atoms with E-state index in [9.17, 15) is 8.78 Å². The van der Waals surface area contributed by atoms with Crippen LogP contribution in [-0.2, 0) is 0 Å². The fourth-order valence-electron chi connectivity index (χ4n) is 0.636. The van der Waals surface area contributed by atoms with Crippen LogP contribution in [0.1, 0.15) is 5.56 Å². The van der Waals surface area contributed by atoms with Crippen LogP contribution in [0.15, 0.2) is 17.0 Å². The van der Waals surface area contributed by atoms with Crippen LogP contribution in [0.5, 0.6) is 0 Å². The molecule has 0 fully saturated rings. The third-order valence-corrected chi connectivity index (χ3v) is 1.82. The van der Waals surface area contributed by atoms with Gasteiger partial charge in [0.05, 0.1) is 0 Å². The summed E-state index contributed by atoms with van der Waals surface area (Å²) in [5.41, 5.74) is 0.641. The summed E-state index contributed by atoms with van der Waals surface area (Å²) in [7, 11) is 0. The third kappa shape index (κ3) is 1.14. The Bertz CT molecular complexity index is 231. The van der Waals surface area contributed by atoms with Crippen LogP contribution in [-0.4, -0.2) is 0 Å². The molecule has 1 aromatic carbocycles. The second kappa shape index (κ2) is 2.58. The third-order valence-electron chi connectivity index (χ3n) is 1.27. The van der Waals surface area contributed by atoms with Crippen molar-refractivity contribution in [3.05, 3.63) is 29.3 Å². The van der Waals surface area contributed by atoms with Crippen molar-refractivity contribution in [3.8, 4) is 0 Å². The maximum Gasteiger partial charge on any atom is 0.172 e. The summed E-state index contributed by atoms with van der Waals surface area (Å²) in [5, 5.41) is 0. The van der Waals surface area contributed by atoms with Crippen LogP contribution in [0.3, 0.4) is 0 Å². The van der Waals surface area contributed by atoms with Gasteiger partial charge in [-0.05, 0) is 18.6 Å². The van der Waals surface area contributed by atoms with Crippen molar-refractivity contribution in [1.82, 2.24) is 0 Å². The molecular formula is C7H6F2S. The van der Waals surface area contributed by atoms with Gasteiger partial charge in [-0.15, -0.1) is 12.6 Å². The van der Waals surface area contributed by atoms with Gasteiger partial charge >= 0.3 is 0 Å². The van der Waals surface area contributed by atoms with Gasteiger partial charge in [0.25, 0.3) is 0 Å². The molecule has 0 aliphatic carbocycles. The smallest absolute Gasteiger partial charge is 0.172 e. The molecule has 1 rings (SSSR count). The topological polar surface area (TPSA) is 0 Å². The molecule has 1 aromatic rings. The quantitative estimate of drug-likeness (QED) is 0.554. The summed E-state index contributed by atoms with van der Waals surface area (Å²) < 4.78 is 24.9. The minimum Gasteiger partial charge on any atom is -0.204 e. The van der Waals surface area contributed by atoms with E-state index in [0.717, 1.165) is 6.07 Å². The zero-order valence-electron chi connectivity index (χ0n) is 5.36. The average molecular weight is 160 g/mol. The highest BCUT2D eigenvalue weighted by Gasteiger charge is 2.06. The molecule has 0 unspecified atom stereocenters. The molecule has 0 amide bonds. The van der Waals surface area contributed by atoms with Crippen molar-refractivity contribution in [2.75, 3.05) is 0 Å². The lowest BCUT2D eigenvalue weighted by molar-refractivity contribution is 0.490. The molecule has 0 aliphatic rings. The number of hydrogen-bond donors (Lipinski definition) is 1. The largest absolute Gasteiger partial charge is 0.204 e. The second-order valence-electron chi connectivity index (χ2n) is 2.03. The molecule has 0 saturated carbocycles. The molecule has 10 heavy (non-hydrogen) atoms. The van der Waals surface area contributed by atoms with Gasteiger partial charge in [-0.25, -0.2) is 8.78 Å². The van der Waals surface area contributed by atoms with Crippen molar-refractivity contribution in [2.24, 2.45) is 0 Å². The number of halogens is 2. The molecule has 0 N–H and O–H groups in total. The zero-order chi connectivity index (χ0) is 7.72. The van der Waals surface area contributed by atoms with Crippen molar-refractivity contribution < 1.29 is 8.78 Å². The van der Waals surface area contributed by atoms with Crippen LogP contribution in [0.25, 0.3) is 0 Å². The van der Waals surface area contributed by atoms with Crippen LogP contribution < -0.4 is 0 Å². The van der Waals surface area contributed by atoms with E-state index in [1.54, 1.807) is 6.92 Å². The first-order valence-corrected chi connectivity index (χ1v) is 3.21. The Labute approximate surface area is 63.3 Å². The Balaban J connectivity index is 3.34. The van der Waals surface area contributed by atoms with Crippen molar-refractivity contribution in [2.45, 2.75) is 11.8 Å². The highest BCUT2D eigenvalue weighted by atomic mass is 32.1. The minimum absolute atomic E-state index is 0.0833. The molecule has 0 bridgehead atoms. The summed E-state index contributed by atoms with van der Waals surface area (Å²) >= 11 is 3.77. The van der Waals surface area contributed by atoms with Crippen LogP contribution in [0.4, 0.5) is 8.78 Å². The van der Waals surface area contributed by atoms with E-state index in [1.165, 1.54) is 6.07 Å². The Hall–Kier alpha value is -0.570. The monoisotopic (exact) mass is 160 g/mol. The molecule has 0 saturated heterocycles. The minimum atomic E-state index is -0.872. The lowest BCUT2D eigenvalue weighted by Gasteiger charge is -1.99. The predicted molar refractivity (Wildman–Crippen MR) is 38.3 cm³/mol. The SMILES string of the molecule is Cc1ccc(F)c(F)c1S. The number of thiol groups is 1. The van der Waals surface area contributed by atoms with Crippen LogP contribution >= 0.6 is 12.6 Å². The maximum absolute atomic E-state index is 12.5. The maximum atomic E-state index is 12.5. The summed E-state index contributed by atoms with van der Waals surface area (Å²) in [6.45, 7) is 1.67. The van der Waals surface area contributed by atoms with E-state index in [1.807, 2.05) is 0 Å². The van der Waals surface area contributed by atoms with Gasteiger partial charge in [-0.1, -0.05) is 6.07 Å². The van der Waals surface area contributed by atoms with E-state index >= 15 is 0 Å². The first-order valence-electron chi connectivity index (χ1n) is 2.76.